The summed E-state index contributed by atoms with van der Waals surface area (Å²) in [6, 6.07) is 2.48. The van der Waals surface area contributed by atoms with Gasteiger partial charge in [-0.3, -0.25) is 4.79 Å². The maximum absolute atomic E-state index is 11.9. The molecule has 0 aromatic rings. The first-order valence-electron chi connectivity index (χ1n) is 5.89. The molecule has 1 fully saturated rings. The first-order chi connectivity index (χ1) is 7.44. The van der Waals surface area contributed by atoms with Crippen LogP contribution in [-0.4, -0.2) is 28.9 Å². The van der Waals surface area contributed by atoms with Crippen molar-refractivity contribution in [2.75, 3.05) is 6.54 Å². The van der Waals surface area contributed by atoms with Crippen molar-refractivity contribution in [2.45, 2.75) is 57.5 Å². The fourth-order valence-electron chi connectivity index (χ4n) is 1.64. The van der Waals surface area contributed by atoms with Crippen molar-refractivity contribution in [2.24, 2.45) is 5.73 Å². The van der Waals surface area contributed by atoms with E-state index >= 15 is 0 Å². The highest BCUT2D eigenvalue weighted by Gasteiger charge is 2.32. The van der Waals surface area contributed by atoms with Gasteiger partial charge in [-0.15, -0.1) is 0 Å². The molecule has 0 aliphatic heterocycles. The lowest BCUT2D eigenvalue weighted by Gasteiger charge is -2.24. The molecule has 0 unspecified atom stereocenters. The van der Waals surface area contributed by atoms with Crippen molar-refractivity contribution in [3.05, 3.63) is 0 Å². The average molecular weight is 223 g/mol. The molecule has 4 nitrogen and oxygen atoms in total. The summed E-state index contributed by atoms with van der Waals surface area (Å²) < 4.78 is 0. The second-order valence-electron chi connectivity index (χ2n) is 5.22. The van der Waals surface area contributed by atoms with E-state index in [1.54, 1.807) is 0 Å². The number of amides is 1. The summed E-state index contributed by atoms with van der Waals surface area (Å²) in [4.78, 5) is 13.8. The van der Waals surface area contributed by atoms with Crippen molar-refractivity contribution in [3.63, 3.8) is 0 Å². The van der Waals surface area contributed by atoms with Crippen molar-refractivity contribution in [3.8, 4) is 6.07 Å². The summed E-state index contributed by atoms with van der Waals surface area (Å²) in [5.74, 6) is 0.149. The van der Waals surface area contributed by atoms with Gasteiger partial charge in [-0.2, -0.15) is 5.26 Å². The van der Waals surface area contributed by atoms with Gasteiger partial charge in [-0.1, -0.05) is 0 Å². The van der Waals surface area contributed by atoms with Crippen LogP contribution in [0.5, 0.6) is 0 Å². The Labute approximate surface area is 97.4 Å². The second kappa shape index (κ2) is 5.31. The lowest BCUT2D eigenvalue weighted by Crippen LogP contribution is -2.37. The van der Waals surface area contributed by atoms with Crippen LogP contribution in [0.2, 0.25) is 0 Å². The van der Waals surface area contributed by atoms with Crippen LogP contribution in [0.15, 0.2) is 0 Å². The molecule has 0 saturated heterocycles. The first kappa shape index (κ1) is 13.0. The van der Waals surface area contributed by atoms with Gasteiger partial charge in [0.2, 0.25) is 5.91 Å². The minimum Gasteiger partial charge on any atom is -0.339 e. The highest BCUT2D eigenvalue weighted by molar-refractivity contribution is 5.77. The highest BCUT2D eigenvalue weighted by Crippen LogP contribution is 2.28. The van der Waals surface area contributed by atoms with Gasteiger partial charge in [0.1, 0.15) is 0 Å². The van der Waals surface area contributed by atoms with Crippen LogP contribution >= 0.6 is 0 Å². The summed E-state index contributed by atoms with van der Waals surface area (Å²) in [6.07, 6.45) is 3.79. The molecule has 16 heavy (non-hydrogen) atoms. The van der Waals surface area contributed by atoms with Crippen LogP contribution in [-0.2, 0) is 4.79 Å². The van der Waals surface area contributed by atoms with Gasteiger partial charge >= 0.3 is 0 Å². The summed E-state index contributed by atoms with van der Waals surface area (Å²) in [5.41, 5.74) is 5.56. The second-order valence-corrected chi connectivity index (χ2v) is 5.22. The van der Waals surface area contributed by atoms with Gasteiger partial charge in [0.25, 0.3) is 0 Å². The van der Waals surface area contributed by atoms with Crippen molar-refractivity contribution in [1.82, 2.24) is 4.90 Å². The lowest BCUT2D eigenvalue weighted by molar-refractivity contribution is -0.132. The molecule has 0 aromatic heterocycles. The maximum Gasteiger partial charge on any atom is 0.222 e. The molecule has 90 valence electrons. The Hall–Kier alpha value is -1.08. The van der Waals surface area contributed by atoms with Crippen molar-refractivity contribution >= 4 is 5.91 Å². The van der Waals surface area contributed by atoms with E-state index < -0.39 is 0 Å². The fourth-order valence-corrected chi connectivity index (χ4v) is 1.64. The molecule has 1 aliphatic rings. The SMILES string of the molecule is CC(C)(N)CCC(=O)N(CCC#N)C1CC1. The van der Waals surface area contributed by atoms with E-state index in [2.05, 4.69) is 6.07 Å². The molecule has 1 aliphatic carbocycles. The standard InChI is InChI=1S/C12H21N3O/c1-12(2,14)7-6-11(16)15(9-3-8-13)10-4-5-10/h10H,3-7,9,14H2,1-2H3. The third kappa shape index (κ3) is 4.63. The van der Waals surface area contributed by atoms with Crippen LogP contribution in [0.4, 0.5) is 0 Å². The summed E-state index contributed by atoms with van der Waals surface area (Å²) in [7, 11) is 0. The molecule has 1 saturated carbocycles. The van der Waals surface area contributed by atoms with E-state index in [0.29, 0.717) is 31.8 Å². The molecule has 1 amide bonds. The van der Waals surface area contributed by atoms with Crippen LogP contribution in [0.3, 0.4) is 0 Å². The van der Waals surface area contributed by atoms with Crippen LogP contribution in [0, 0.1) is 11.3 Å². The number of nitrogens with two attached hydrogens (primary N) is 1. The van der Waals surface area contributed by atoms with Crippen LogP contribution in [0.25, 0.3) is 0 Å². The van der Waals surface area contributed by atoms with E-state index in [1.807, 2.05) is 18.7 Å². The number of hydrogen-bond donors (Lipinski definition) is 1. The average Bonchev–Trinajstić information content (AvgIpc) is 2.98. The summed E-state index contributed by atoms with van der Waals surface area (Å²) in [6.45, 7) is 4.43. The topological polar surface area (TPSA) is 70.1 Å². The van der Waals surface area contributed by atoms with Gasteiger partial charge in [0.15, 0.2) is 0 Å². The Bertz CT molecular complexity index is 284. The van der Waals surface area contributed by atoms with Crippen molar-refractivity contribution in [1.29, 1.82) is 5.26 Å². The van der Waals surface area contributed by atoms with Crippen LogP contribution in [0.1, 0.15) is 46.0 Å². The number of nitriles is 1. The molecule has 0 bridgehead atoms. The fraction of sp³-hybridized carbons (Fsp3) is 0.833. The monoisotopic (exact) mass is 223 g/mol. The molecule has 0 radical (unpaired) electrons. The Kier molecular flexibility index (Phi) is 4.31. The largest absolute Gasteiger partial charge is 0.339 e. The number of carbonyl (C=O) groups excluding carboxylic acids is 1. The van der Waals surface area contributed by atoms with Gasteiger partial charge in [0, 0.05) is 24.5 Å². The minimum atomic E-state index is -0.292. The normalized spacial score (nSPS) is 15.6. The Morgan fingerprint density at radius 2 is 2.19 bits per heavy atom. The molecular weight excluding hydrogens is 202 g/mol. The molecule has 0 atom stereocenters. The quantitative estimate of drug-likeness (QED) is 0.740. The lowest BCUT2D eigenvalue weighted by atomic mass is 9.99. The van der Waals surface area contributed by atoms with E-state index in [9.17, 15) is 4.79 Å². The molecule has 0 heterocycles. The molecule has 0 spiro atoms. The van der Waals surface area contributed by atoms with Crippen molar-refractivity contribution < 1.29 is 4.79 Å². The van der Waals surface area contributed by atoms with Gasteiger partial charge in [0.05, 0.1) is 12.5 Å². The van der Waals surface area contributed by atoms with Crippen LogP contribution < -0.4 is 5.73 Å². The van der Waals surface area contributed by atoms with E-state index in [4.69, 9.17) is 11.0 Å². The zero-order valence-corrected chi connectivity index (χ0v) is 10.2. The molecule has 1 rings (SSSR count). The zero-order chi connectivity index (χ0) is 12.2. The predicted octanol–water partition coefficient (Wildman–Crippen LogP) is 1.41. The Morgan fingerprint density at radius 3 is 2.62 bits per heavy atom. The van der Waals surface area contributed by atoms with E-state index in [-0.39, 0.29) is 11.4 Å². The summed E-state index contributed by atoms with van der Waals surface area (Å²) in [5, 5.41) is 8.55. The van der Waals surface area contributed by atoms with Gasteiger partial charge in [-0.05, 0) is 33.1 Å². The number of rotatable bonds is 6. The smallest absolute Gasteiger partial charge is 0.222 e. The highest BCUT2D eigenvalue weighted by atomic mass is 16.2. The Morgan fingerprint density at radius 1 is 1.56 bits per heavy atom. The molecule has 0 aromatic carbocycles. The Balaban J connectivity index is 2.39. The predicted molar refractivity (Wildman–Crippen MR) is 62.5 cm³/mol. The molecular formula is C12H21N3O. The third-order valence-corrected chi connectivity index (χ3v) is 2.76. The van der Waals surface area contributed by atoms with E-state index in [0.717, 1.165) is 12.8 Å². The molecule has 4 heteroatoms. The third-order valence-electron chi connectivity index (χ3n) is 2.76. The van der Waals surface area contributed by atoms with Gasteiger partial charge < -0.3 is 10.6 Å². The number of hydrogen-bond acceptors (Lipinski definition) is 3. The number of nitrogens with zero attached hydrogens (tertiary/aromatic N) is 2. The zero-order valence-electron chi connectivity index (χ0n) is 10.2. The molecule has 2 N–H and O–H groups in total. The minimum absolute atomic E-state index is 0.149. The number of carbonyl (C=O) groups is 1. The van der Waals surface area contributed by atoms with Gasteiger partial charge in [-0.25, -0.2) is 0 Å². The first-order valence-corrected chi connectivity index (χ1v) is 5.89. The van der Waals surface area contributed by atoms with E-state index in [1.165, 1.54) is 0 Å². The maximum atomic E-state index is 11.9. The summed E-state index contributed by atoms with van der Waals surface area (Å²) >= 11 is 0.